The summed E-state index contributed by atoms with van der Waals surface area (Å²) in [5, 5.41) is 2.70. The fraction of sp³-hybridized carbons (Fsp3) is 0.263. The molecule has 1 N–H and O–H groups in total. The Labute approximate surface area is 155 Å². The van der Waals surface area contributed by atoms with E-state index < -0.39 is 5.97 Å². The third-order valence-corrected chi connectivity index (χ3v) is 4.49. The Morgan fingerprint density at radius 2 is 1.92 bits per heavy atom. The molecule has 0 unspecified atom stereocenters. The van der Waals surface area contributed by atoms with Crippen molar-refractivity contribution >= 4 is 33.5 Å². The van der Waals surface area contributed by atoms with E-state index in [2.05, 4.69) is 21.2 Å². The highest BCUT2D eigenvalue weighted by molar-refractivity contribution is 9.10. The maximum absolute atomic E-state index is 11.9. The highest BCUT2D eigenvalue weighted by Gasteiger charge is 2.10. The summed E-state index contributed by atoms with van der Waals surface area (Å²) in [5.74, 6) is -0.0564. The maximum atomic E-state index is 11.9. The number of esters is 1. The zero-order chi connectivity index (χ0) is 18.2. The maximum Gasteiger partial charge on any atom is 0.306 e. The van der Waals surface area contributed by atoms with Gasteiger partial charge in [0.2, 0.25) is 0 Å². The largest absolute Gasteiger partial charge is 0.496 e. The lowest BCUT2D eigenvalue weighted by Gasteiger charge is -2.09. The van der Waals surface area contributed by atoms with Crippen molar-refractivity contribution in [3.05, 3.63) is 58.1 Å². The molecule has 0 saturated heterocycles. The summed E-state index contributed by atoms with van der Waals surface area (Å²) < 4.78 is 11.2. The molecule has 6 heteroatoms. The number of rotatable bonds is 7. The molecule has 5 nitrogen and oxygen atoms in total. The Morgan fingerprint density at radius 3 is 2.64 bits per heavy atom. The van der Waals surface area contributed by atoms with Crippen molar-refractivity contribution in [2.45, 2.75) is 19.8 Å². The Hall–Kier alpha value is -2.34. The van der Waals surface area contributed by atoms with Crippen LogP contribution in [-0.2, 0) is 20.7 Å². The topological polar surface area (TPSA) is 64.6 Å². The number of amides is 1. The number of hydrogen-bond acceptors (Lipinski definition) is 4. The van der Waals surface area contributed by atoms with Crippen molar-refractivity contribution in [3.8, 4) is 5.75 Å². The lowest BCUT2D eigenvalue weighted by atomic mass is 10.1. The molecule has 0 aliphatic carbocycles. The quantitative estimate of drug-likeness (QED) is 0.709. The van der Waals surface area contributed by atoms with E-state index in [1.165, 1.54) is 0 Å². The normalized spacial score (nSPS) is 10.2. The van der Waals surface area contributed by atoms with Gasteiger partial charge >= 0.3 is 5.97 Å². The molecule has 0 aromatic heterocycles. The number of carbonyl (C=O) groups is 2. The molecule has 1 amide bonds. The number of ether oxygens (including phenoxy) is 2. The number of carbonyl (C=O) groups excluding carboxylic acids is 2. The molecule has 0 radical (unpaired) electrons. The molecule has 0 heterocycles. The minimum atomic E-state index is -0.423. The number of benzene rings is 2. The van der Waals surface area contributed by atoms with Crippen molar-refractivity contribution < 1.29 is 19.1 Å². The molecule has 2 aromatic carbocycles. The zero-order valence-electron chi connectivity index (χ0n) is 14.2. The first-order chi connectivity index (χ1) is 12.0. The van der Waals surface area contributed by atoms with Crippen molar-refractivity contribution in [2.75, 3.05) is 19.0 Å². The predicted octanol–water partition coefficient (Wildman–Crippen LogP) is 3.88. The van der Waals surface area contributed by atoms with Crippen LogP contribution in [0.1, 0.15) is 17.5 Å². The van der Waals surface area contributed by atoms with Crippen LogP contribution >= 0.6 is 15.9 Å². The third kappa shape index (κ3) is 5.90. The summed E-state index contributed by atoms with van der Waals surface area (Å²) in [6, 6.07) is 13.0. The van der Waals surface area contributed by atoms with E-state index in [4.69, 9.17) is 9.47 Å². The van der Waals surface area contributed by atoms with Gasteiger partial charge in [0.1, 0.15) is 5.75 Å². The van der Waals surface area contributed by atoms with Crippen molar-refractivity contribution in [1.29, 1.82) is 0 Å². The lowest BCUT2D eigenvalue weighted by molar-refractivity contribution is -0.147. The van der Waals surface area contributed by atoms with E-state index in [0.29, 0.717) is 12.1 Å². The number of para-hydroxylation sites is 1. The second-order valence-corrected chi connectivity index (χ2v) is 6.34. The van der Waals surface area contributed by atoms with E-state index >= 15 is 0 Å². The van der Waals surface area contributed by atoms with Gasteiger partial charge in [0.05, 0.1) is 7.11 Å². The van der Waals surface area contributed by atoms with Crippen molar-refractivity contribution in [3.63, 3.8) is 0 Å². The van der Waals surface area contributed by atoms with Gasteiger partial charge in [0.15, 0.2) is 6.61 Å². The van der Waals surface area contributed by atoms with Crippen LogP contribution in [0.3, 0.4) is 0 Å². The Morgan fingerprint density at radius 1 is 1.16 bits per heavy atom. The number of nitrogens with one attached hydrogen (secondary N) is 1. The molecule has 132 valence electrons. The standard InChI is InChI=1S/C19H20BrNO4/c1-13-11-15(8-9-16(13)20)21-18(22)12-25-19(23)10-7-14-5-3-4-6-17(14)24-2/h3-6,8-9,11H,7,10,12H2,1-2H3,(H,21,22). The van der Waals surface area contributed by atoms with Gasteiger partial charge in [-0.15, -0.1) is 0 Å². The molecule has 0 saturated carbocycles. The van der Waals surface area contributed by atoms with Crippen LogP contribution in [0, 0.1) is 6.92 Å². The number of anilines is 1. The smallest absolute Gasteiger partial charge is 0.306 e. The number of halogens is 1. The number of methoxy groups -OCH3 is 1. The van der Waals surface area contributed by atoms with Crippen molar-refractivity contribution in [2.24, 2.45) is 0 Å². The Kier molecular flexibility index (Phi) is 7.01. The molecule has 0 aliphatic heterocycles. The van der Waals surface area contributed by atoms with Crippen LogP contribution in [-0.4, -0.2) is 25.6 Å². The molecule has 2 aromatic rings. The average Bonchev–Trinajstić information content (AvgIpc) is 2.61. The van der Waals surface area contributed by atoms with E-state index in [0.717, 1.165) is 21.3 Å². The van der Waals surface area contributed by atoms with Gasteiger partial charge in [-0.3, -0.25) is 9.59 Å². The van der Waals surface area contributed by atoms with Gasteiger partial charge in [-0.1, -0.05) is 34.1 Å². The molecule has 0 fully saturated rings. The number of hydrogen-bond donors (Lipinski definition) is 1. The summed E-state index contributed by atoms with van der Waals surface area (Å²) in [7, 11) is 1.59. The molecule has 0 aliphatic rings. The van der Waals surface area contributed by atoms with Crippen LogP contribution in [0.2, 0.25) is 0 Å². The molecule has 0 bridgehead atoms. The Bertz CT molecular complexity index is 761. The summed E-state index contributed by atoms with van der Waals surface area (Å²) in [4.78, 5) is 23.7. The van der Waals surface area contributed by atoms with Gasteiger partial charge in [-0.2, -0.15) is 0 Å². The summed E-state index contributed by atoms with van der Waals surface area (Å²) in [6.07, 6.45) is 0.682. The van der Waals surface area contributed by atoms with Crippen LogP contribution in [0.25, 0.3) is 0 Å². The van der Waals surface area contributed by atoms with Crippen LogP contribution in [0.4, 0.5) is 5.69 Å². The zero-order valence-corrected chi connectivity index (χ0v) is 15.8. The van der Waals surface area contributed by atoms with Crippen LogP contribution < -0.4 is 10.1 Å². The SMILES string of the molecule is COc1ccccc1CCC(=O)OCC(=O)Nc1ccc(Br)c(C)c1. The Balaban J connectivity index is 1.77. The van der Waals surface area contributed by atoms with E-state index in [-0.39, 0.29) is 18.9 Å². The minimum absolute atomic E-state index is 0.186. The second kappa shape index (κ2) is 9.22. The highest BCUT2D eigenvalue weighted by atomic mass is 79.9. The fourth-order valence-corrected chi connectivity index (χ4v) is 2.53. The highest BCUT2D eigenvalue weighted by Crippen LogP contribution is 2.20. The minimum Gasteiger partial charge on any atom is -0.496 e. The van der Waals surface area contributed by atoms with Crippen LogP contribution in [0.15, 0.2) is 46.9 Å². The molecule has 0 atom stereocenters. The van der Waals surface area contributed by atoms with Gasteiger partial charge in [0.25, 0.3) is 5.91 Å². The second-order valence-electron chi connectivity index (χ2n) is 5.48. The monoisotopic (exact) mass is 405 g/mol. The first-order valence-corrected chi connectivity index (χ1v) is 8.62. The van der Waals surface area contributed by atoms with E-state index in [1.54, 1.807) is 13.2 Å². The van der Waals surface area contributed by atoms with E-state index in [1.807, 2.05) is 43.3 Å². The fourth-order valence-electron chi connectivity index (χ4n) is 2.28. The first-order valence-electron chi connectivity index (χ1n) is 7.83. The van der Waals surface area contributed by atoms with Crippen LogP contribution in [0.5, 0.6) is 5.75 Å². The molecule has 2 rings (SSSR count). The molecule has 0 spiro atoms. The average molecular weight is 406 g/mol. The van der Waals surface area contributed by atoms with Crippen molar-refractivity contribution in [1.82, 2.24) is 0 Å². The van der Waals surface area contributed by atoms with Gasteiger partial charge in [-0.25, -0.2) is 0 Å². The van der Waals surface area contributed by atoms with Gasteiger partial charge < -0.3 is 14.8 Å². The third-order valence-electron chi connectivity index (χ3n) is 3.60. The molecule has 25 heavy (non-hydrogen) atoms. The van der Waals surface area contributed by atoms with E-state index in [9.17, 15) is 9.59 Å². The predicted molar refractivity (Wildman–Crippen MR) is 99.8 cm³/mol. The van der Waals surface area contributed by atoms with Gasteiger partial charge in [-0.05, 0) is 48.7 Å². The molecular formula is C19H20BrNO4. The lowest BCUT2D eigenvalue weighted by Crippen LogP contribution is -2.21. The first kappa shape index (κ1) is 19.0. The molecular weight excluding hydrogens is 386 g/mol. The summed E-state index contributed by atoms with van der Waals surface area (Å²) in [5.41, 5.74) is 2.60. The summed E-state index contributed by atoms with van der Waals surface area (Å²) >= 11 is 3.40. The van der Waals surface area contributed by atoms with Gasteiger partial charge in [0, 0.05) is 16.6 Å². The number of aryl methyl sites for hydroxylation is 2. The summed E-state index contributed by atoms with van der Waals surface area (Å²) in [6.45, 7) is 1.62.